The number of rotatable bonds is 5. The largest absolute Gasteiger partial charge is 0.454 e. The molecule has 4 rings (SSSR count). The Hall–Kier alpha value is -1.79. The van der Waals surface area contributed by atoms with Crippen molar-refractivity contribution < 1.29 is 19.0 Å². The molecular weight excluding hydrogens is 308 g/mol. The highest BCUT2D eigenvalue weighted by molar-refractivity contribution is 5.78. The van der Waals surface area contributed by atoms with Gasteiger partial charge in [-0.25, -0.2) is 0 Å². The summed E-state index contributed by atoms with van der Waals surface area (Å²) in [7, 11) is 0. The monoisotopic (exact) mass is 332 g/mol. The molecule has 2 atom stereocenters. The Morgan fingerprint density at radius 1 is 1.21 bits per heavy atom. The molecular formula is C18H24N2O4. The van der Waals surface area contributed by atoms with E-state index >= 15 is 0 Å². The summed E-state index contributed by atoms with van der Waals surface area (Å²) < 4.78 is 16.4. The molecule has 1 N–H and O–H groups in total. The molecule has 0 saturated carbocycles. The molecule has 24 heavy (non-hydrogen) atoms. The van der Waals surface area contributed by atoms with Gasteiger partial charge in [-0.3, -0.25) is 9.69 Å². The zero-order valence-corrected chi connectivity index (χ0v) is 13.8. The number of nitrogens with one attached hydrogen (secondary N) is 1. The molecule has 6 heteroatoms. The molecule has 0 bridgehead atoms. The van der Waals surface area contributed by atoms with E-state index in [4.69, 9.17) is 14.2 Å². The van der Waals surface area contributed by atoms with Gasteiger partial charge in [0.2, 0.25) is 12.7 Å². The third-order valence-electron chi connectivity index (χ3n) is 5.04. The van der Waals surface area contributed by atoms with Crippen molar-refractivity contribution in [1.82, 2.24) is 10.2 Å². The molecule has 2 saturated heterocycles. The van der Waals surface area contributed by atoms with E-state index in [0.717, 1.165) is 50.3 Å². The fraction of sp³-hybridized carbons (Fsp3) is 0.611. The minimum atomic E-state index is 0.0816. The lowest BCUT2D eigenvalue weighted by atomic mass is 10.0. The first-order valence-electron chi connectivity index (χ1n) is 8.81. The third-order valence-corrected chi connectivity index (χ3v) is 5.04. The zero-order valence-electron chi connectivity index (χ0n) is 13.8. The van der Waals surface area contributed by atoms with Gasteiger partial charge in [-0.2, -0.15) is 0 Å². The van der Waals surface area contributed by atoms with Crippen molar-refractivity contribution in [2.45, 2.75) is 37.8 Å². The lowest BCUT2D eigenvalue weighted by molar-refractivity contribution is -0.123. The predicted octanol–water partition coefficient (Wildman–Crippen LogP) is 1.85. The van der Waals surface area contributed by atoms with Crippen molar-refractivity contribution in [3.8, 4) is 11.5 Å². The number of nitrogens with zero attached hydrogens (tertiary/aromatic N) is 1. The first-order chi connectivity index (χ1) is 11.8. The van der Waals surface area contributed by atoms with Crippen LogP contribution in [-0.4, -0.2) is 49.9 Å². The topological polar surface area (TPSA) is 60.0 Å². The minimum absolute atomic E-state index is 0.0816. The van der Waals surface area contributed by atoms with E-state index in [9.17, 15) is 4.79 Å². The first-order valence-corrected chi connectivity index (χ1v) is 8.81. The van der Waals surface area contributed by atoms with Crippen LogP contribution in [0.2, 0.25) is 0 Å². The van der Waals surface area contributed by atoms with Crippen LogP contribution in [0.4, 0.5) is 0 Å². The third kappa shape index (κ3) is 3.35. The van der Waals surface area contributed by atoms with Gasteiger partial charge in [-0.05, 0) is 49.9 Å². The average Bonchev–Trinajstić information content (AvgIpc) is 3.33. The van der Waals surface area contributed by atoms with Crippen LogP contribution in [0.5, 0.6) is 11.5 Å². The normalized spacial score (nSPS) is 26.0. The van der Waals surface area contributed by atoms with E-state index < -0.39 is 0 Å². The van der Waals surface area contributed by atoms with E-state index in [1.807, 2.05) is 6.07 Å². The van der Waals surface area contributed by atoms with Gasteiger partial charge in [0.05, 0.1) is 12.6 Å². The summed E-state index contributed by atoms with van der Waals surface area (Å²) in [5, 5.41) is 3.01. The van der Waals surface area contributed by atoms with E-state index in [1.165, 1.54) is 5.56 Å². The van der Waals surface area contributed by atoms with Gasteiger partial charge in [0.1, 0.15) is 0 Å². The highest BCUT2D eigenvalue weighted by atomic mass is 16.7. The molecule has 6 nitrogen and oxygen atoms in total. The summed E-state index contributed by atoms with van der Waals surface area (Å²) in [6, 6.07) is 6.37. The lowest BCUT2D eigenvalue weighted by Crippen LogP contribution is -2.39. The summed E-state index contributed by atoms with van der Waals surface area (Å²) in [4.78, 5) is 14.5. The van der Waals surface area contributed by atoms with Crippen LogP contribution < -0.4 is 14.8 Å². The van der Waals surface area contributed by atoms with Crippen molar-refractivity contribution in [1.29, 1.82) is 0 Å². The van der Waals surface area contributed by atoms with Crippen molar-refractivity contribution in [3.05, 3.63) is 23.8 Å². The molecule has 0 spiro atoms. The number of fused-ring (bicyclic) bond motifs is 1. The lowest BCUT2D eigenvalue weighted by Gasteiger charge is -2.24. The van der Waals surface area contributed by atoms with Gasteiger partial charge in [-0.1, -0.05) is 6.07 Å². The molecule has 3 aliphatic heterocycles. The Bertz CT molecular complexity index is 601. The van der Waals surface area contributed by atoms with Crippen LogP contribution in [0.1, 0.15) is 37.3 Å². The van der Waals surface area contributed by atoms with Crippen LogP contribution in [-0.2, 0) is 9.53 Å². The van der Waals surface area contributed by atoms with E-state index in [-0.39, 0.29) is 18.1 Å². The maximum Gasteiger partial charge on any atom is 0.234 e. The molecule has 3 aliphatic rings. The fourth-order valence-corrected chi connectivity index (χ4v) is 3.79. The molecule has 0 radical (unpaired) electrons. The Morgan fingerprint density at radius 2 is 2.12 bits per heavy atom. The number of ether oxygens (including phenoxy) is 3. The molecule has 0 aliphatic carbocycles. The molecule has 1 aromatic rings. The molecule has 2 unspecified atom stereocenters. The fourth-order valence-electron chi connectivity index (χ4n) is 3.79. The summed E-state index contributed by atoms with van der Waals surface area (Å²) in [6.07, 6.45) is 4.51. The van der Waals surface area contributed by atoms with Gasteiger partial charge in [0, 0.05) is 19.2 Å². The predicted molar refractivity (Wildman–Crippen MR) is 88.1 cm³/mol. The summed E-state index contributed by atoms with van der Waals surface area (Å²) in [5.74, 6) is 1.69. The highest BCUT2D eigenvalue weighted by Gasteiger charge is 2.29. The second-order valence-corrected chi connectivity index (χ2v) is 6.68. The second kappa shape index (κ2) is 6.99. The number of benzene rings is 1. The Kier molecular flexibility index (Phi) is 4.58. The molecule has 1 aromatic carbocycles. The van der Waals surface area contributed by atoms with Crippen molar-refractivity contribution >= 4 is 5.91 Å². The summed E-state index contributed by atoms with van der Waals surface area (Å²) >= 11 is 0. The number of likely N-dealkylation sites (tertiary alicyclic amines) is 1. The molecule has 2 fully saturated rings. The quantitative estimate of drug-likeness (QED) is 0.892. The SMILES string of the molecule is O=C(CN1CCCC1c1ccc2c(c1)OCO2)NCC1CCCO1. The molecule has 130 valence electrons. The number of amides is 1. The summed E-state index contributed by atoms with van der Waals surface area (Å²) in [5.41, 5.74) is 1.20. The highest BCUT2D eigenvalue weighted by Crippen LogP contribution is 2.38. The Morgan fingerprint density at radius 3 is 3.00 bits per heavy atom. The van der Waals surface area contributed by atoms with Crippen molar-refractivity contribution in [2.24, 2.45) is 0 Å². The number of hydrogen-bond acceptors (Lipinski definition) is 5. The van der Waals surface area contributed by atoms with Crippen LogP contribution in [0, 0.1) is 0 Å². The summed E-state index contributed by atoms with van der Waals surface area (Å²) in [6.45, 7) is 3.12. The zero-order chi connectivity index (χ0) is 16.4. The average molecular weight is 332 g/mol. The number of carbonyl (C=O) groups is 1. The first kappa shape index (κ1) is 15.7. The van der Waals surface area contributed by atoms with Gasteiger partial charge in [0.15, 0.2) is 11.5 Å². The smallest absolute Gasteiger partial charge is 0.234 e. The van der Waals surface area contributed by atoms with Crippen molar-refractivity contribution in [2.75, 3.05) is 33.0 Å². The minimum Gasteiger partial charge on any atom is -0.454 e. The van der Waals surface area contributed by atoms with E-state index in [2.05, 4.69) is 22.3 Å². The van der Waals surface area contributed by atoms with Gasteiger partial charge in [-0.15, -0.1) is 0 Å². The Labute approximate surface area is 142 Å². The molecule has 0 aromatic heterocycles. The van der Waals surface area contributed by atoms with Crippen LogP contribution in [0.3, 0.4) is 0 Å². The van der Waals surface area contributed by atoms with Gasteiger partial charge in [0.25, 0.3) is 0 Å². The van der Waals surface area contributed by atoms with Gasteiger partial charge >= 0.3 is 0 Å². The van der Waals surface area contributed by atoms with E-state index in [1.54, 1.807) is 0 Å². The molecule has 3 heterocycles. The van der Waals surface area contributed by atoms with Crippen LogP contribution in [0.25, 0.3) is 0 Å². The van der Waals surface area contributed by atoms with Crippen LogP contribution in [0.15, 0.2) is 18.2 Å². The van der Waals surface area contributed by atoms with Crippen LogP contribution >= 0.6 is 0 Å². The van der Waals surface area contributed by atoms with Crippen molar-refractivity contribution in [3.63, 3.8) is 0 Å². The second-order valence-electron chi connectivity index (χ2n) is 6.68. The number of hydrogen-bond donors (Lipinski definition) is 1. The molecule has 1 amide bonds. The van der Waals surface area contributed by atoms with E-state index in [0.29, 0.717) is 19.9 Å². The Balaban J connectivity index is 1.35. The number of carbonyl (C=O) groups excluding carboxylic acids is 1. The van der Waals surface area contributed by atoms with Gasteiger partial charge < -0.3 is 19.5 Å². The standard InChI is InChI=1S/C18H24N2O4/c21-18(19-10-14-3-2-8-22-14)11-20-7-1-4-15(20)13-5-6-16-17(9-13)24-12-23-16/h5-6,9,14-15H,1-4,7-8,10-12H2,(H,19,21). The maximum atomic E-state index is 12.3. The maximum absolute atomic E-state index is 12.3.